The van der Waals surface area contributed by atoms with Crippen molar-refractivity contribution in [3.8, 4) is 0 Å². The molecule has 4 nitrogen and oxygen atoms in total. The number of benzene rings is 1. The molecule has 1 amide bonds. The molecule has 29 heavy (non-hydrogen) atoms. The van der Waals surface area contributed by atoms with Crippen LogP contribution in [0.25, 0.3) is 0 Å². The summed E-state index contributed by atoms with van der Waals surface area (Å²) in [4.78, 5) is 16.6. The van der Waals surface area contributed by atoms with Gasteiger partial charge in [-0.15, -0.1) is 0 Å². The summed E-state index contributed by atoms with van der Waals surface area (Å²) in [5.74, 6) is 0.239. The number of rotatable bonds is 5. The fourth-order valence-electron chi connectivity index (χ4n) is 5.33. The third-order valence-corrected chi connectivity index (χ3v) is 7.99. The van der Waals surface area contributed by atoms with Gasteiger partial charge in [0.1, 0.15) is 0 Å². The van der Waals surface area contributed by atoms with Crippen LogP contribution in [0.4, 0.5) is 0 Å². The van der Waals surface area contributed by atoms with Crippen LogP contribution in [0.2, 0.25) is 0 Å². The Bertz CT molecular complexity index is 720. The zero-order valence-corrected chi connectivity index (χ0v) is 18.3. The summed E-state index contributed by atoms with van der Waals surface area (Å²) >= 11 is 0. The summed E-state index contributed by atoms with van der Waals surface area (Å²) in [7, 11) is 0. The van der Waals surface area contributed by atoms with Gasteiger partial charge in [0.2, 0.25) is 5.91 Å². The molecule has 1 saturated heterocycles. The van der Waals surface area contributed by atoms with Crippen molar-refractivity contribution in [2.24, 2.45) is 5.41 Å². The number of carbonyl (C=O) groups excluding carboxylic acids is 1. The summed E-state index contributed by atoms with van der Waals surface area (Å²) in [6, 6.07) is 7.74. The highest BCUT2D eigenvalue weighted by molar-refractivity contribution is 5.75. The van der Waals surface area contributed by atoms with Crippen molar-refractivity contribution in [1.82, 2.24) is 9.80 Å². The summed E-state index contributed by atoms with van der Waals surface area (Å²) in [5.41, 5.74) is 4.16. The Balaban J connectivity index is 1.36. The van der Waals surface area contributed by atoms with E-state index in [-0.39, 0.29) is 17.4 Å². The average Bonchev–Trinajstić information content (AvgIpc) is 2.89. The second kappa shape index (κ2) is 8.77. The number of carbonyl (C=O) groups is 1. The minimum atomic E-state index is -0.350. The molecule has 0 bridgehead atoms. The predicted octanol–water partition coefficient (Wildman–Crippen LogP) is 3.58. The average molecular weight is 399 g/mol. The Morgan fingerprint density at radius 3 is 2.45 bits per heavy atom. The summed E-state index contributed by atoms with van der Waals surface area (Å²) < 4.78 is 0. The first-order chi connectivity index (χ1) is 14.0. The number of fused-ring (bicyclic) bond motifs is 1. The second-order valence-electron chi connectivity index (χ2n) is 9.83. The number of aliphatic hydroxyl groups is 1. The Morgan fingerprint density at radius 1 is 1.14 bits per heavy atom. The maximum absolute atomic E-state index is 12.0. The molecular weight excluding hydrogens is 360 g/mol. The molecule has 0 radical (unpaired) electrons. The van der Waals surface area contributed by atoms with E-state index < -0.39 is 0 Å². The number of aliphatic hydroxyl groups excluding tert-OH is 1. The van der Waals surface area contributed by atoms with E-state index in [2.05, 4.69) is 30.0 Å². The third-order valence-electron chi connectivity index (χ3n) is 7.99. The zero-order chi connectivity index (χ0) is 20.4. The highest BCUT2D eigenvalue weighted by Gasteiger charge is 2.37. The van der Waals surface area contributed by atoms with Gasteiger partial charge in [-0.1, -0.05) is 38.5 Å². The van der Waals surface area contributed by atoms with Crippen molar-refractivity contribution < 1.29 is 9.90 Å². The first-order valence-electron chi connectivity index (χ1n) is 11.8. The first-order valence-corrected chi connectivity index (χ1v) is 11.8. The Labute approximate surface area is 176 Å². The monoisotopic (exact) mass is 398 g/mol. The van der Waals surface area contributed by atoms with E-state index in [1.165, 1.54) is 49.0 Å². The van der Waals surface area contributed by atoms with E-state index in [0.717, 1.165) is 51.2 Å². The van der Waals surface area contributed by atoms with E-state index in [9.17, 15) is 9.90 Å². The van der Waals surface area contributed by atoms with Crippen LogP contribution in [0, 0.1) is 5.41 Å². The molecule has 160 valence electrons. The molecule has 2 fully saturated rings. The summed E-state index contributed by atoms with van der Waals surface area (Å²) in [6.07, 6.45) is 9.19. The van der Waals surface area contributed by atoms with Crippen LogP contribution in [0.15, 0.2) is 18.2 Å². The van der Waals surface area contributed by atoms with E-state index in [4.69, 9.17) is 0 Å². The lowest BCUT2D eigenvalue weighted by Crippen LogP contribution is -2.47. The molecule has 3 aliphatic rings. The van der Waals surface area contributed by atoms with Gasteiger partial charge in [-0.25, -0.2) is 0 Å². The molecule has 4 rings (SSSR count). The van der Waals surface area contributed by atoms with Crippen LogP contribution in [0.3, 0.4) is 0 Å². The van der Waals surface area contributed by atoms with Gasteiger partial charge < -0.3 is 10.0 Å². The number of hydrogen-bond donors (Lipinski definition) is 1. The van der Waals surface area contributed by atoms with Gasteiger partial charge in [0.05, 0.1) is 6.10 Å². The first kappa shape index (κ1) is 20.9. The molecule has 1 atom stereocenters. The summed E-state index contributed by atoms with van der Waals surface area (Å²) in [6.45, 7) is 8.07. The Kier molecular flexibility index (Phi) is 6.31. The van der Waals surface area contributed by atoms with Crippen molar-refractivity contribution >= 4 is 5.91 Å². The number of amides is 1. The topological polar surface area (TPSA) is 43.8 Å². The van der Waals surface area contributed by atoms with Gasteiger partial charge in [-0.05, 0) is 67.1 Å². The van der Waals surface area contributed by atoms with Crippen LogP contribution in [-0.4, -0.2) is 59.1 Å². The second-order valence-corrected chi connectivity index (χ2v) is 9.83. The molecule has 1 saturated carbocycles. The predicted molar refractivity (Wildman–Crippen MR) is 117 cm³/mol. The largest absolute Gasteiger partial charge is 0.392 e. The quantitative estimate of drug-likeness (QED) is 0.824. The lowest BCUT2D eigenvalue weighted by molar-refractivity contribution is -0.134. The Morgan fingerprint density at radius 2 is 1.83 bits per heavy atom. The number of piperidine rings is 1. The SMILES string of the molecule is CCC(=O)N1CCC(C)(C(O)Cc2ccc3c(c2)CCN(C2CCC2)CC3)CC1. The molecule has 0 aromatic heterocycles. The lowest BCUT2D eigenvalue weighted by Gasteiger charge is -2.42. The van der Waals surface area contributed by atoms with Gasteiger partial charge in [0.25, 0.3) is 0 Å². The van der Waals surface area contributed by atoms with Gasteiger partial charge in [0.15, 0.2) is 0 Å². The number of likely N-dealkylation sites (tertiary alicyclic amines) is 1. The van der Waals surface area contributed by atoms with Crippen LogP contribution < -0.4 is 0 Å². The maximum Gasteiger partial charge on any atom is 0.222 e. The van der Waals surface area contributed by atoms with Crippen LogP contribution >= 0.6 is 0 Å². The van der Waals surface area contributed by atoms with Gasteiger partial charge in [-0.2, -0.15) is 0 Å². The molecule has 1 N–H and O–H groups in total. The highest BCUT2D eigenvalue weighted by Crippen LogP contribution is 2.36. The maximum atomic E-state index is 12.0. The summed E-state index contributed by atoms with van der Waals surface area (Å²) in [5, 5.41) is 11.1. The normalized spacial score (nSPS) is 23.8. The molecule has 2 heterocycles. The van der Waals surface area contributed by atoms with Crippen molar-refractivity contribution in [2.45, 2.75) is 83.8 Å². The van der Waals surface area contributed by atoms with Crippen LogP contribution in [-0.2, 0) is 24.1 Å². The standard InChI is InChI=1S/C25H38N2O2/c1-3-24(29)27-15-11-25(2,12-16-27)23(28)18-19-7-8-20-9-13-26(22-5-4-6-22)14-10-21(20)17-19/h7-8,17,22-23,28H,3-6,9-16,18H2,1-2H3. The number of hydrogen-bond acceptors (Lipinski definition) is 3. The fourth-order valence-corrected chi connectivity index (χ4v) is 5.33. The molecule has 2 aliphatic heterocycles. The van der Waals surface area contributed by atoms with Crippen molar-refractivity contribution in [1.29, 1.82) is 0 Å². The van der Waals surface area contributed by atoms with Crippen molar-refractivity contribution in [2.75, 3.05) is 26.2 Å². The smallest absolute Gasteiger partial charge is 0.222 e. The molecule has 1 aromatic rings. The highest BCUT2D eigenvalue weighted by atomic mass is 16.3. The minimum Gasteiger partial charge on any atom is -0.392 e. The van der Waals surface area contributed by atoms with Crippen LogP contribution in [0.1, 0.15) is 69.1 Å². The molecule has 1 aromatic carbocycles. The molecular formula is C25H38N2O2. The van der Waals surface area contributed by atoms with Crippen molar-refractivity contribution in [3.63, 3.8) is 0 Å². The fraction of sp³-hybridized carbons (Fsp3) is 0.720. The van der Waals surface area contributed by atoms with E-state index in [0.29, 0.717) is 6.42 Å². The van der Waals surface area contributed by atoms with Gasteiger partial charge in [0, 0.05) is 38.6 Å². The third kappa shape index (κ3) is 4.54. The molecule has 1 aliphatic carbocycles. The molecule has 4 heteroatoms. The Hall–Kier alpha value is -1.39. The number of nitrogens with zero attached hydrogens (tertiary/aromatic N) is 2. The van der Waals surface area contributed by atoms with Gasteiger partial charge in [-0.3, -0.25) is 9.69 Å². The van der Waals surface area contributed by atoms with Crippen LogP contribution in [0.5, 0.6) is 0 Å². The van der Waals surface area contributed by atoms with E-state index in [1.54, 1.807) is 0 Å². The van der Waals surface area contributed by atoms with E-state index >= 15 is 0 Å². The molecule has 0 spiro atoms. The lowest BCUT2D eigenvalue weighted by atomic mass is 9.73. The molecule has 1 unspecified atom stereocenters. The zero-order valence-electron chi connectivity index (χ0n) is 18.3. The van der Waals surface area contributed by atoms with E-state index in [1.807, 2.05) is 11.8 Å². The van der Waals surface area contributed by atoms with Crippen molar-refractivity contribution in [3.05, 3.63) is 34.9 Å². The van der Waals surface area contributed by atoms with Gasteiger partial charge >= 0.3 is 0 Å². The minimum absolute atomic E-state index is 0.0989.